The zero-order valence-electron chi connectivity index (χ0n) is 16.9. The maximum Gasteiger partial charge on any atom is 0.270 e. The molecular formula is C19H20N4O8. The van der Waals surface area contributed by atoms with Crippen LogP contribution in [0, 0.1) is 10.1 Å². The van der Waals surface area contributed by atoms with Gasteiger partial charge in [0.2, 0.25) is 5.75 Å². The minimum atomic E-state index is -0.665. The molecule has 12 heteroatoms. The van der Waals surface area contributed by atoms with Gasteiger partial charge in [-0.3, -0.25) is 19.7 Å². The van der Waals surface area contributed by atoms with Gasteiger partial charge in [-0.25, -0.2) is 5.43 Å². The van der Waals surface area contributed by atoms with Crippen molar-refractivity contribution in [3.05, 3.63) is 51.6 Å². The minimum absolute atomic E-state index is 0.0379. The van der Waals surface area contributed by atoms with Crippen LogP contribution in [0.25, 0.3) is 0 Å². The molecule has 2 rings (SSSR count). The molecule has 0 saturated carbocycles. The molecule has 0 fully saturated rings. The summed E-state index contributed by atoms with van der Waals surface area (Å²) in [5.74, 6) is -0.621. The van der Waals surface area contributed by atoms with Gasteiger partial charge in [0, 0.05) is 23.3 Å². The summed E-state index contributed by atoms with van der Waals surface area (Å²) in [5.41, 5.74) is 2.11. The maximum absolute atomic E-state index is 12.3. The van der Waals surface area contributed by atoms with Gasteiger partial charge in [0.1, 0.15) is 5.75 Å². The summed E-state index contributed by atoms with van der Waals surface area (Å²) < 4.78 is 15.5. The van der Waals surface area contributed by atoms with Crippen LogP contribution in [0.2, 0.25) is 0 Å². The lowest BCUT2D eigenvalue weighted by atomic mass is 10.1. The first-order chi connectivity index (χ1) is 14.8. The second-order valence-electron chi connectivity index (χ2n) is 5.89. The van der Waals surface area contributed by atoms with Gasteiger partial charge in [-0.15, -0.1) is 0 Å². The molecule has 0 aliphatic carbocycles. The Labute approximate surface area is 176 Å². The van der Waals surface area contributed by atoms with Crippen molar-refractivity contribution in [1.29, 1.82) is 0 Å². The van der Waals surface area contributed by atoms with E-state index in [1.54, 1.807) is 0 Å². The number of hydrogen-bond donors (Lipinski definition) is 3. The summed E-state index contributed by atoms with van der Waals surface area (Å²) in [7, 11) is 4.24. The van der Waals surface area contributed by atoms with Crippen LogP contribution in [0.4, 0.5) is 5.69 Å². The van der Waals surface area contributed by atoms with Crippen LogP contribution in [-0.2, 0) is 4.79 Å². The average Bonchev–Trinajstić information content (AvgIpc) is 2.77. The summed E-state index contributed by atoms with van der Waals surface area (Å²) >= 11 is 0. The van der Waals surface area contributed by atoms with Crippen molar-refractivity contribution in [3.63, 3.8) is 0 Å². The molecule has 31 heavy (non-hydrogen) atoms. The third-order valence-electron chi connectivity index (χ3n) is 3.95. The third-order valence-corrected chi connectivity index (χ3v) is 3.95. The highest BCUT2D eigenvalue weighted by atomic mass is 16.6. The molecule has 164 valence electrons. The van der Waals surface area contributed by atoms with Gasteiger partial charge in [-0.1, -0.05) is 0 Å². The van der Waals surface area contributed by atoms with Gasteiger partial charge in [-0.05, 0) is 18.2 Å². The first kappa shape index (κ1) is 22.9. The minimum Gasteiger partial charge on any atom is -0.507 e. The number of carbonyl (C=O) groups is 2. The number of carbonyl (C=O) groups excluding carboxylic acids is 2. The molecule has 0 unspecified atom stereocenters. The molecule has 12 nitrogen and oxygen atoms in total. The third kappa shape index (κ3) is 5.82. The van der Waals surface area contributed by atoms with E-state index in [0.29, 0.717) is 5.75 Å². The molecule has 0 aromatic heterocycles. The highest BCUT2D eigenvalue weighted by molar-refractivity contribution is 5.97. The van der Waals surface area contributed by atoms with E-state index in [-0.39, 0.29) is 34.1 Å². The number of nitro benzene ring substituents is 1. The fourth-order valence-corrected chi connectivity index (χ4v) is 2.45. The van der Waals surface area contributed by atoms with Gasteiger partial charge in [0.25, 0.3) is 17.5 Å². The summed E-state index contributed by atoms with van der Waals surface area (Å²) in [6.07, 6.45) is 1.04. The van der Waals surface area contributed by atoms with Crippen molar-refractivity contribution in [2.75, 3.05) is 27.9 Å². The number of phenols is 1. The topological polar surface area (TPSA) is 162 Å². The number of methoxy groups -OCH3 is 3. The number of aromatic hydroxyl groups is 1. The molecule has 0 bridgehead atoms. The standard InChI is InChI=1S/C19H20N4O8/c1-29-15-7-11(8-16(30-2)18(15)31-3)19(26)20-10-17(25)22-21-9-12-6-13(23(27)28)4-5-14(12)24/h4-9,24H,10H2,1-3H3,(H,20,26)(H,22,25). The van der Waals surface area contributed by atoms with Gasteiger partial charge >= 0.3 is 0 Å². The molecule has 2 amide bonds. The Hall–Kier alpha value is -4.35. The van der Waals surface area contributed by atoms with E-state index in [1.165, 1.54) is 33.5 Å². The zero-order valence-corrected chi connectivity index (χ0v) is 16.9. The Kier molecular flexibility index (Phi) is 7.72. The predicted molar refractivity (Wildman–Crippen MR) is 109 cm³/mol. The van der Waals surface area contributed by atoms with Crippen LogP contribution in [0.5, 0.6) is 23.0 Å². The molecule has 0 saturated heterocycles. The Morgan fingerprint density at radius 2 is 1.77 bits per heavy atom. The molecule has 0 atom stereocenters. The van der Waals surface area contributed by atoms with E-state index < -0.39 is 23.3 Å². The average molecular weight is 432 g/mol. The number of ether oxygens (including phenoxy) is 3. The van der Waals surface area contributed by atoms with Crippen molar-refractivity contribution in [2.24, 2.45) is 5.10 Å². The van der Waals surface area contributed by atoms with E-state index in [2.05, 4.69) is 15.8 Å². The number of nitrogens with one attached hydrogen (secondary N) is 2. The Bertz CT molecular complexity index is 997. The number of amides is 2. The highest BCUT2D eigenvalue weighted by Crippen LogP contribution is 2.38. The summed E-state index contributed by atoms with van der Waals surface area (Å²) in [5, 5.41) is 26.5. The lowest BCUT2D eigenvalue weighted by Crippen LogP contribution is -2.34. The molecule has 2 aromatic rings. The Balaban J connectivity index is 1.99. The summed E-state index contributed by atoms with van der Waals surface area (Å²) in [6.45, 7) is -0.409. The van der Waals surface area contributed by atoms with Crippen molar-refractivity contribution in [1.82, 2.24) is 10.7 Å². The quantitative estimate of drug-likeness (QED) is 0.302. The van der Waals surface area contributed by atoms with Crippen molar-refractivity contribution >= 4 is 23.7 Å². The van der Waals surface area contributed by atoms with Crippen molar-refractivity contribution in [2.45, 2.75) is 0 Å². The van der Waals surface area contributed by atoms with Crippen LogP contribution in [-0.4, -0.2) is 55.9 Å². The largest absolute Gasteiger partial charge is 0.507 e. The van der Waals surface area contributed by atoms with Crippen molar-refractivity contribution < 1.29 is 33.8 Å². The lowest BCUT2D eigenvalue weighted by Gasteiger charge is -2.14. The van der Waals surface area contributed by atoms with E-state index in [1.807, 2.05) is 0 Å². The summed E-state index contributed by atoms with van der Waals surface area (Å²) in [4.78, 5) is 34.4. The number of phenolic OH excluding ortho intramolecular Hbond substituents is 1. The van der Waals surface area contributed by atoms with Crippen LogP contribution < -0.4 is 25.0 Å². The monoisotopic (exact) mass is 432 g/mol. The fraction of sp³-hybridized carbons (Fsp3) is 0.211. The molecule has 2 aromatic carbocycles. The van der Waals surface area contributed by atoms with E-state index >= 15 is 0 Å². The number of hydrazone groups is 1. The number of hydrogen-bond acceptors (Lipinski definition) is 9. The van der Waals surface area contributed by atoms with Gasteiger partial charge in [-0.2, -0.15) is 5.10 Å². The predicted octanol–water partition coefficient (Wildman–Crippen LogP) is 1.21. The number of rotatable bonds is 9. The fourth-order valence-electron chi connectivity index (χ4n) is 2.45. The molecule has 0 spiro atoms. The molecule has 0 radical (unpaired) electrons. The number of nitro groups is 1. The van der Waals surface area contributed by atoms with Crippen LogP contribution >= 0.6 is 0 Å². The SMILES string of the molecule is COc1cc(C(=O)NCC(=O)NN=Cc2cc([N+](=O)[O-])ccc2O)cc(OC)c1OC. The Morgan fingerprint density at radius 1 is 1.13 bits per heavy atom. The summed E-state index contributed by atoms with van der Waals surface area (Å²) in [6, 6.07) is 6.22. The van der Waals surface area contributed by atoms with Crippen molar-refractivity contribution in [3.8, 4) is 23.0 Å². The normalized spacial score (nSPS) is 10.4. The van der Waals surface area contributed by atoms with E-state index in [4.69, 9.17) is 14.2 Å². The number of nitrogens with zero attached hydrogens (tertiary/aromatic N) is 2. The second-order valence-corrected chi connectivity index (χ2v) is 5.89. The van der Waals surface area contributed by atoms with E-state index in [0.717, 1.165) is 24.4 Å². The van der Waals surface area contributed by atoms with Gasteiger partial charge in [0.05, 0.1) is 39.0 Å². The number of benzene rings is 2. The van der Waals surface area contributed by atoms with Crippen LogP contribution in [0.1, 0.15) is 15.9 Å². The second kappa shape index (κ2) is 10.4. The zero-order chi connectivity index (χ0) is 23.0. The highest BCUT2D eigenvalue weighted by Gasteiger charge is 2.17. The first-order valence-corrected chi connectivity index (χ1v) is 8.68. The smallest absolute Gasteiger partial charge is 0.270 e. The Morgan fingerprint density at radius 3 is 2.32 bits per heavy atom. The van der Waals surface area contributed by atoms with Gasteiger partial charge < -0.3 is 24.6 Å². The van der Waals surface area contributed by atoms with Crippen LogP contribution in [0.3, 0.4) is 0 Å². The number of non-ortho nitro benzene ring substituents is 1. The van der Waals surface area contributed by atoms with Gasteiger partial charge in [0.15, 0.2) is 11.5 Å². The van der Waals surface area contributed by atoms with E-state index in [9.17, 15) is 24.8 Å². The molecule has 0 aliphatic rings. The maximum atomic E-state index is 12.3. The first-order valence-electron chi connectivity index (χ1n) is 8.68. The molecule has 0 aliphatic heterocycles. The molecular weight excluding hydrogens is 412 g/mol. The molecule has 0 heterocycles. The lowest BCUT2D eigenvalue weighted by molar-refractivity contribution is -0.384. The molecule has 3 N–H and O–H groups in total. The van der Waals surface area contributed by atoms with Crippen LogP contribution in [0.15, 0.2) is 35.4 Å².